The van der Waals surface area contributed by atoms with Gasteiger partial charge in [-0.25, -0.2) is 4.39 Å². The van der Waals surface area contributed by atoms with Crippen LogP contribution in [0.1, 0.15) is 11.1 Å². The van der Waals surface area contributed by atoms with E-state index in [0.29, 0.717) is 30.4 Å². The van der Waals surface area contributed by atoms with E-state index in [-0.39, 0.29) is 12.5 Å². The minimum atomic E-state index is -0.412. The first kappa shape index (κ1) is 20.2. The molecule has 5 nitrogen and oxygen atoms in total. The van der Waals surface area contributed by atoms with Crippen LogP contribution in [0.25, 0.3) is 0 Å². The van der Waals surface area contributed by atoms with Crippen molar-refractivity contribution in [3.8, 4) is 17.2 Å². The molecular formula is C23H22FNO4. The average molecular weight is 395 g/mol. The van der Waals surface area contributed by atoms with Crippen molar-refractivity contribution in [1.29, 1.82) is 0 Å². The molecule has 6 heteroatoms. The maximum atomic E-state index is 13.1. The zero-order valence-electron chi connectivity index (χ0n) is 16.1. The number of carbonyl (C=O) groups is 1. The highest BCUT2D eigenvalue weighted by Gasteiger charge is 2.08. The van der Waals surface area contributed by atoms with Crippen LogP contribution >= 0.6 is 0 Å². The van der Waals surface area contributed by atoms with Gasteiger partial charge in [0.15, 0.2) is 18.1 Å². The van der Waals surface area contributed by atoms with Crippen molar-refractivity contribution >= 4 is 5.91 Å². The molecule has 0 aliphatic carbocycles. The molecule has 29 heavy (non-hydrogen) atoms. The molecule has 0 saturated carbocycles. The number of amides is 1. The Kier molecular flexibility index (Phi) is 7.05. The summed E-state index contributed by atoms with van der Waals surface area (Å²) >= 11 is 0. The van der Waals surface area contributed by atoms with Gasteiger partial charge in [-0.3, -0.25) is 4.79 Å². The third kappa shape index (κ3) is 6.24. The number of rotatable bonds is 9. The van der Waals surface area contributed by atoms with Crippen LogP contribution in [0.5, 0.6) is 17.2 Å². The van der Waals surface area contributed by atoms with Crippen LogP contribution in [0.2, 0.25) is 0 Å². The van der Waals surface area contributed by atoms with Crippen LogP contribution in [0.15, 0.2) is 72.8 Å². The van der Waals surface area contributed by atoms with E-state index in [1.807, 2.05) is 48.5 Å². The average Bonchev–Trinajstić information content (AvgIpc) is 2.75. The first-order valence-corrected chi connectivity index (χ1v) is 9.13. The number of methoxy groups -OCH3 is 1. The van der Waals surface area contributed by atoms with Crippen molar-refractivity contribution in [1.82, 2.24) is 5.32 Å². The Balaban J connectivity index is 1.50. The third-order valence-corrected chi connectivity index (χ3v) is 4.12. The summed E-state index contributed by atoms with van der Waals surface area (Å²) in [5, 5.41) is 2.76. The number of halogens is 1. The second-order valence-corrected chi connectivity index (χ2v) is 6.28. The van der Waals surface area contributed by atoms with Crippen LogP contribution in [-0.2, 0) is 17.9 Å². The van der Waals surface area contributed by atoms with Crippen molar-refractivity contribution in [3.05, 3.63) is 89.7 Å². The van der Waals surface area contributed by atoms with Crippen molar-refractivity contribution in [2.24, 2.45) is 0 Å². The van der Waals surface area contributed by atoms with Crippen LogP contribution < -0.4 is 19.5 Å². The molecule has 0 heterocycles. The molecule has 1 N–H and O–H groups in total. The second kappa shape index (κ2) is 10.1. The first-order chi connectivity index (χ1) is 14.1. The van der Waals surface area contributed by atoms with E-state index >= 15 is 0 Å². The Hall–Kier alpha value is -3.54. The first-order valence-electron chi connectivity index (χ1n) is 9.13. The largest absolute Gasteiger partial charge is 0.493 e. The van der Waals surface area contributed by atoms with Gasteiger partial charge in [0, 0.05) is 12.6 Å². The summed E-state index contributed by atoms with van der Waals surface area (Å²) in [5.74, 6) is 0.800. The quantitative estimate of drug-likeness (QED) is 0.593. The van der Waals surface area contributed by atoms with Crippen molar-refractivity contribution in [2.45, 2.75) is 13.2 Å². The van der Waals surface area contributed by atoms with Gasteiger partial charge in [0.2, 0.25) is 0 Å². The molecule has 0 radical (unpaired) electrons. The molecule has 150 valence electrons. The number of hydrogen-bond acceptors (Lipinski definition) is 4. The van der Waals surface area contributed by atoms with Crippen LogP contribution in [-0.4, -0.2) is 19.6 Å². The fourth-order valence-corrected chi connectivity index (χ4v) is 2.63. The second-order valence-electron chi connectivity index (χ2n) is 6.28. The molecule has 1 amide bonds. The third-order valence-electron chi connectivity index (χ3n) is 4.12. The van der Waals surface area contributed by atoms with Crippen molar-refractivity contribution < 1.29 is 23.4 Å². The fraction of sp³-hybridized carbons (Fsp3) is 0.174. The standard InChI is InChI=1S/C23H22FNO4/c1-27-22-12-18(10-11-21(22)29-15-17-6-3-2-4-7-17)14-25-23(26)16-28-20-9-5-8-19(24)13-20/h2-13H,14-16H2,1H3,(H,25,26). The smallest absolute Gasteiger partial charge is 0.258 e. The fourth-order valence-electron chi connectivity index (χ4n) is 2.63. The number of carbonyl (C=O) groups excluding carboxylic acids is 1. The van der Waals surface area contributed by atoms with E-state index in [1.54, 1.807) is 13.2 Å². The van der Waals surface area contributed by atoms with Gasteiger partial charge < -0.3 is 19.5 Å². The van der Waals surface area contributed by atoms with Crippen molar-refractivity contribution in [3.63, 3.8) is 0 Å². The summed E-state index contributed by atoms with van der Waals surface area (Å²) in [4.78, 5) is 12.0. The lowest BCUT2D eigenvalue weighted by atomic mass is 10.2. The number of benzene rings is 3. The lowest BCUT2D eigenvalue weighted by Gasteiger charge is -2.13. The number of nitrogens with one attached hydrogen (secondary N) is 1. The maximum Gasteiger partial charge on any atom is 0.258 e. The predicted octanol–water partition coefficient (Wildman–Crippen LogP) is 4.11. The Morgan fingerprint density at radius 3 is 2.48 bits per heavy atom. The highest BCUT2D eigenvalue weighted by atomic mass is 19.1. The van der Waals surface area contributed by atoms with E-state index < -0.39 is 5.82 Å². The summed E-state index contributed by atoms with van der Waals surface area (Å²) in [6, 6.07) is 21.0. The number of ether oxygens (including phenoxy) is 3. The molecule has 0 aromatic heterocycles. The molecule has 0 bridgehead atoms. The Morgan fingerprint density at radius 1 is 0.897 bits per heavy atom. The molecule has 0 atom stereocenters. The highest BCUT2D eigenvalue weighted by Crippen LogP contribution is 2.28. The molecule has 0 saturated heterocycles. The van der Waals surface area contributed by atoms with E-state index in [1.165, 1.54) is 18.2 Å². The van der Waals surface area contributed by atoms with Crippen LogP contribution in [0.4, 0.5) is 4.39 Å². The molecule has 3 aromatic carbocycles. The zero-order valence-corrected chi connectivity index (χ0v) is 16.1. The van der Waals surface area contributed by atoms with Gasteiger partial charge in [-0.05, 0) is 35.4 Å². The van der Waals surface area contributed by atoms with Gasteiger partial charge in [-0.1, -0.05) is 42.5 Å². The Labute approximate surface area is 169 Å². The minimum Gasteiger partial charge on any atom is -0.493 e. The summed E-state index contributed by atoms with van der Waals surface area (Å²) in [6.07, 6.45) is 0. The van der Waals surface area contributed by atoms with Gasteiger partial charge >= 0.3 is 0 Å². The van der Waals surface area contributed by atoms with Gasteiger partial charge in [0.1, 0.15) is 18.2 Å². The van der Waals surface area contributed by atoms with Gasteiger partial charge in [0.05, 0.1) is 7.11 Å². The molecule has 0 aliphatic heterocycles. The molecule has 0 unspecified atom stereocenters. The minimum absolute atomic E-state index is 0.196. The molecule has 0 fully saturated rings. The van der Waals surface area contributed by atoms with Crippen molar-refractivity contribution in [2.75, 3.05) is 13.7 Å². The van der Waals surface area contributed by atoms with E-state index in [0.717, 1.165) is 11.1 Å². The van der Waals surface area contributed by atoms with Crippen LogP contribution in [0, 0.1) is 5.82 Å². The van der Waals surface area contributed by atoms with E-state index in [9.17, 15) is 9.18 Å². The van der Waals surface area contributed by atoms with E-state index in [4.69, 9.17) is 14.2 Å². The number of hydrogen-bond donors (Lipinski definition) is 1. The Bertz CT molecular complexity index is 947. The molecule has 0 spiro atoms. The maximum absolute atomic E-state index is 13.1. The summed E-state index contributed by atoms with van der Waals surface area (Å²) < 4.78 is 29.6. The topological polar surface area (TPSA) is 56.8 Å². The summed E-state index contributed by atoms with van der Waals surface area (Å²) in [7, 11) is 1.57. The lowest BCUT2D eigenvalue weighted by Crippen LogP contribution is -2.28. The monoisotopic (exact) mass is 395 g/mol. The Morgan fingerprint density at radius 2 is 1.72 bits per heavy atom. The highest BCUT2D eigenvalue weighted by molar-refractivity contribution is 5.77. The van der Waals surface area contributed by atoms with E-state index in [2.05, 4.69) is 5.32 Å². The summed E-state index contributed by atoms with van der Waals surface area (Å²) in [6.45, 7) is 0.546. The summed E-state index contributed by atoms with van der Waals surface area (Å²) in [5.41, 5.74) is 1.91. The van der Waals surface area contributed by atoms with Gasteiger partial charge in [-0.2, -0.15) is 0 Å². The molecule has 3 rings (SSSR count). The van der Waals surface area contributed by atoms with Gasteiger partial charge in [-0.15, -0.1) is 0 Å². The zero-order chi connectivity index (χ0) is 20.5. The predicted molar refractivity (Wildman–Crippen MR) is 108 cm³/mol. The molecular weight excluding hydrogens is 373 g/mol. The SMILES string of the molecule is COc1cc(CNC(=O)COc2cccc(F)c2)ccc1OCc1ccccc1. The molecule has 3 aromatic rings. The normalized spacial score (nSPS) is 10.3. The lowest BCUT2D eigenvalue weighted by molar-refractivity contribution is -0.123. The molecule has 0 aliphatic rings. The van der Waals surface area contributed by atoms with Gasteiger partial charge in [0.25, 0.3) is 5.91 Å². The van der Waals surface area contributed by atoms with Crippen LogP contribution in [0.3, 0.4) is 0 Å².